The van der Waals surface area contributed by atoms with Crippen LogP contribution in [-0.2, 0) is 0 Å². The van der Waals surface area contributed by atoms with Gasteiger partial charge in [0.2, 0.25) is 0 Å². The van der Waals surface area contributed by atoms with Crippen LogP contribution in [0.25, 0.3) is 0 Å². The molecule has 3 nitrogen and oxygen atoms in total. The van der Waals surface area contributed by atoms with E-state index >= 15 is 0 Å². The number of nitrogens with zero attached hydrogens (tertiary/aromatic N) is 1. The summed E-state index contributed by atoms with van der Waals surface area (Å²) in [7, 11) is 0. The summed E-state index contributed by atoms with van der Waals surface area (Å²) in [6.07, 6.45) is 1.72. The number of benzene rings is 2. The molecule has 22 heavy (non-hydrogen) atoms. The molecule has 0 saturated carbocycles. The third kappa shape index (κ3) is 4.68. The van der Waals surface area contributed by atoms with Crippen LogP contribution in [0.5, 0.6) is 0 Å². The van der Waals surface area contributed by atoms with Crippen molar-refractivity contribution in [2.75, 3.05) is 11.1 Å². The van der Waals surface area contributed by atoms with Gasteiger partial charge in [-0.05, 0) is 45.0 Å². The van der Waals surface area contributed by atoms with Crippen molar-refractivity contribution >= 4 is 17.7 Å². The highest BCUT2D eigenvalue weighted by Gasteiger charge is 2.04. The Balaban J connectivity index is 2.23. The number of hydrogen-bond donors (Lipinski definition) is 2. The number of nitrogens with one attached hydrogen (secondary N) is 1. The van der Waals surface area contributed by atoms with E-state index in [0.29, 0.717) is 5.69 Å². The molecule has 2 rings (SSSR count). The molecule has 0 atom stereocenters. The molecule has 0 radical (unpaired) electrons. The minimum Gasteiger partial charge on any atom is -0.398 e. The molecule has 3 N–H and O–H groups in total. The van der Waals surface area contributed by atoms with Gasteiger partial charge in [0.05, 0.1) is 17.6 Å². The lowest BCUT2D eigenvalue weighted by atomic mass is 10.1. The lowest BCUT2D eigenvalue weighted by Gasteiger charge is -2.11. The summed E-state index contributed by atoms with van der Waals surface area (Å²) in [6, 6.07) is 15.5. The Morgan fingerprint density at radius 1 is 0.955 bits per heavy atom. The van der Waals surface area contributed by atoms with Gasteiger partial charge >= 0.3 is 0 Å². The SMILES string of the molecule is CC(C)(C)N=CNc1ccccc1C#Cc1ccccc1N. The summed E-state index contributed by atoms with van der Waals surface area (Å²) >= 11 is 0. The van der Waals surface area contributed by atoms with E-state index in [2.05, 4.69) is 42.9 Å². The number of anilines is 2. The Bertz CT molecular complexity index is 728. The number of hydrogen-bond acceptors (Lipinski definition) is 2. The average Bonchev–Trinajstić information content (AvgIpc) is 2.46. The van der Waals surface area contributed by atoms with Gasteiger partial charge in [-0.15, -0.1) is 0 Å². The minimum atomic E-state index is -0.105. The molecule has 0 fully saturated rings. The zero-order chi connectivity index (χ0) is 16.0. The number of rotatable bonds is 2. The van der Waals surface area contributed by atoms with Crippen molar-refractivity contribution in [1.82, 2.24) is 0 Å². The van der Waals surface area contributed by atoms with Crippen LogP contribution in [0.2, 0.25) is 0 Å². The van der Waals surface area contributed by atoms with Crippen molar-refractivity contribution < 1.29 is 0 Å². The van der Waals surface area contributed by atoms with Crippen LogP contribution in [0, 0.1) is 11.8 Å². The second kappa shape index (κ2) is 6.82. The topological polar surface area (TPSA) is 50.4 Å². The van der Waals surface area contributed by atoms with Gasteiger partial charge in [0.15, 0.2) is 0 Å². The summed E-state index contributed by atoms with van der Waals surface area (Å²) in [4.78, 5) is 4.42. The Labute approximate surface area is 132 Å². The van der Waals surface area contributed by atoms with Crippen LogP contribution < -0.4 is 11.1 Å². The normalized spacial score (nSPS) is 11.0. The smallest absolute Gasteiger partial charge is 0.0874 e. The first-order valence-corrected chi connectivity index (χ1v) is 7.21. The maximum Gasteiger partial charge on any atom is 0.0874 e. The van der Waals surface area contributed by atoms with Crippen LogP contribution in [0.3, 0.4) is 0 Å². The lowest BCUT2D eigenvalue weighted by Crippen LogP contribution is -2.11. The molecule has 112 valence electrons. The molecule has 0 aliphatic rings. The van der Waals surface area contributed by atoms with E-state index < -0.39 is 0 Å². The first-order chi connectivity index (χ1) is 10.5. The molecular formula is C19H21N3. The molecule has 3 heteroatoms. The van der Waals surface area contributed by atoms with Crippen LogP contribution in [0.1, 0.15) is 31.9 Å². The first-order valence-electron chi connectivity index (χ1n) is 7.21. The van der Waals surface area contributed by atoms with Gasteiger partial charge in [-0.2, -0.15) is 0 Å². The molecule has 0 aromatic heterocycles. The quantitative estimate of drug-likeness (QED) is 0.381. The Morgan fingerprint density at radius 2 is 1.55 bits per heavy atom. The van der Waals surface area contributed by atoms with E-state index in [1.54, 1.807) is 6.34 Å². The van der Waals surface area contributed by atoms with Crippen LogP contribution >= 0.6 is 0 Å². The van der Waals surface area contributed by atoms with Gasteiger partial charge < -0.3 is 11.1 Å². The van der Waals surface area contributed by atoms with E-state index in [9.17, 15) is 0 Å². The molecule has 0 aliphatic carbocycles. The molecular weight excluding hydrogens is 270 g/mol. The number of nitrogen functional groups attached to an aromatic ring is 1. The van der Waals surface area contributed by atoms with Crippen molar-refractivity contribution in [3.8, 4) is 11.8 Å². The molecule has 2 aromatic carbocycles. The molecule has 0 unspecified atom stereocenters. The summed E-state index contributed by atoms with van der Waals surface area (Å²) in [5, 5.41) is 3.20. The second-order valence-corrected chi connectivity index (χ2v) is 5.96. The van der Waals surface area contributed by atoms with Gasteiger partial charge in [0.1, 0.15) is 0 Å². The van der Waals surface area contributed by atoms with E-state index in [4.69, 9.17) is 5.73 Å². The highest BCUT2D eigenvalue weighted by atomic mass is 15.0. The molecule has 0 amide bonds. The standard InChI is InChI=1S/C19H21N3/c1-19(2,3)22-14-21-18-11-7-5-9-16(18)13-12-15-8-4-6-10-17(15)20/h4-11,14H,20H2,1-3H3,(H,21,22). The van der Waals surface area contributed by atoms with Gasteiger partial charge in [-0.1, -0.05) is 36.1 Å². The largest absolute Gasteiger partial charge is 0.398 e. The summed E-state index contributed by atoms with van der Waals surface area (Å²) in [5.74, 6) is 6.28. The number of aliphatic imine (C=N–C) groups is 1. The van der Waals surface area contributed by atoms with E-state index in [1.165, 1.54) is 0 Å². The lowest BCUT2D eigenvalue weighted by molar-refractivity contribution is 0.586. The zero-order valence-corrected chi connectivity index (χ0v) is 13.2. The molecule has 0 aliphatic heterocycles. The highest BCUT2D eigenvalue weighted by Crippen LogP contribution is 2.15. The van der Waals surface area contributed by atoms with Crippen molar-refractivity contribution in [3.63, 3.8) is 0 Å². The number of para-hydroxylation sites is 2. The fraction of sp³-hybridized carbons (Fsp3) is 0.211. The predicted octanol–water partition coefficient (Wildman–Crippen LogP) is 3.91. The summed E-state index contributed by atoms with van der Waals surface area (Å²) in [5.41, 5.74) is 9.17. The van der Waals surface area contributed by atoms with Crippen molar-refractivity contribution in [2.45, 2.75) is 26.3 Å². The maximum absolute atomic E-state index is 5.91. The summed E-state index contributed by atoms with van der Waals surface area (Å²) < 4.78 is 0. The van der Waals surface area contributed by atoms with Gasteiger partial charge in [0, 0.05) is 16.8 Å². The molecule has 2 aromatic rings. The predicted molar refractivity (Wildman–Crippen MR) is 95.1 cm³/mol. The zero-order valence-electron chi connectivity index (χ0n) is 13.2. The van der Waals surface area contributed by atoms with Crippen molar-refractivity contribution in [2.24, 2.45) is 4.99 Å². The first kappa shape index (κ1) is 15.7. The third-order valence-corrected chi connectivity index (χ3v) is 2.89. The van der Waals surface area contributed by atoms with E-state index in [1.807, 2.05) is 48.5 Å². The van der Waals surface area contributed by atoms with E-state index in [-0.39, 0.29) is 5.54 Å². The molecule has 0 spiro atoms. The van der Waals surface area contributed by atoms with E-state index in [0.717, 1.165) is 16.8 Å². The van der Waals surface area contributed by atoms with Gasteiger partial charge in [-0.3, -0.25) is 4.99 Å². The summed E-state index contributed by atoms with van der Waals surface area (Å²) in [6.45, 7) is 6.15. The van der Waals surface area contributed by atoms with Crippen LogP contribution in [0.4, 0.5) is 11.4 Å². The molecule has 0 bridgehead atoms. The highest BCUT2D eigenvalue weighted by molar-refractivity contribution is 5.79. The van der Waals surface area contributed by atoms with Crippen LogP contribution in [0.15, 0.2) is 53.5 Å². The maximum atomic E-state index is 5.91. The van der Waals surface area contributed by atoms with Gasteiger partial charge in [0.25, 0.3) is 0 Å². The van der Waals surface area contributed by atoms with Crippen molar-refractivity contribution in [3.05, 3.63) is 59.7 Å². The monoisotopic (exact) mass is 291 g/mol. The minimum absolute atomic E-state index is 0.105. The molecule has 0 heterocycles. The Hall–Kier alpha value is -2.73. The second-order valence-electron chi connectivity index (χ2n) is 5.96. The Kier molecular flexibility index (Phi) is 4.85. The van der Waals surface area contributed by atoms with Gasteiger partial charge in [-0.25, -0.2) is 0 Å². The fourth-order valence-electron chi connectivity index (χ4n) is 1.76. The number of nitrogens with two attached hydrogens (primary N) is 1. The third-order valence-electron chi connectivity index (χ3n) is 2.89. The Morgan fingerprint density at radius 3 is 2.23 bits per heavy atom. The average molecular weight is 291 g/mol. The van der Waals surface area contributed by atoms with Crippen molar-refractivity contribution in [1.29, 1.82) is 0 Å². The molecule has 0 saturated heterocycles. The fourth-order valence-corrected chi connectivity index (χ4v) is 1.76. The van der Waals surface area contributed by atoms with Crippen LogP contribution in [-0.4, -0.2) is 11.9 Å².